The van der Waals surface area contributed by atoms with E-state index in [1.165, 1.54) is 6.92 Å². The van der Waals surface area contributed by atoms with Crippen molar-refractivity contribution in [1.82, 2.24) is 10.3 Å². The third-order valence-electron chi connectivity index (χ3n) is 1.80. The SMILES string of the molecule is CNCC=Cc1ccc(C(C)=O)cn1. The van der Waals surface area contributed by atoms with E-state index in [2.05, 4.69) is 10.3 Å². The van der Waals surface area contributed by atoms with E-state index in [1.54, 1.807) is 12.3 Å². The monoisotopic (exact) mass is 190 g/mol. The van der Waals surface area contributed by atoms with Crippen LogP contribution in [-0.4, -0.2) is 24.4 Å². The Kier molecular flexibility index (Phi) is 4.01. The third-order valence-corrected chi connectivity index (χ3v) is 1.80. The van der Waals surface area contributed by atoms with Gasteiger partial charge in [0, 0.05) is 18.3 Å². The number of likely N-dealkylation sites (N-methyl/N-ethyl adjacent to an activating group) is 1. The van der Waals surface area contributed by atoms with Gasteiger partial charge in [-0.1, -0.05) is 6.08 Å². The Balaban J connectivity index is 2.68. The van der Waals surface area contributed by atoms with E-state index < -0.39 is 0 Å². The molecule has 1 N–H and O–H groups in total. The highest BCUT2D eigenvalue weighted by Crippen LogP contribution is 2.02. The minimum atomic E-state index is 0.0447. The average Bonchev–Trinajstić information content (AvgIpc) is 2.19. The van der Waals surface area contributed by atoms with Crippen molar-refractivity contribution < 1.29 is 4.79 Å². The molecule has 0 aromatic carbocycles. The second-order valence-electron chi connectivity index (χ2n) is 2.99. The zero-order valence-electron chi connectivity index (χ0n) is 8.45. The molecule has 0 saturated heterocycles. The molecule has 0 aliphatic rings. The Labute approximate surface area is 83.9 Å². The van der Waals surface area contributed by atoms with E-state index in [0.717, 1.165) is 12.2 Å². The molecular weight excluding hydrogens is 176 g/mol. The molecule has 74 valence electrons. The van der Waals surface area contributed by atoms with Gasteiger partial charge in [-0.25, -0.2) is 0 Å². The first-order chi connectivity index (χ1) is 6.74. The zero-order valence-corrected chi connectivity index (χ0v) is 8.45. The summed E-state index contributed by atoms with van der Waals surface area (Å²) >= 11 is 0. The van der Waals surface area contributed by atoms with Crippen molar-refractivity contribution >= 4 is 11.9 Å². The first kappa shape index (κ1) is 10.6. The molecule has 0 aliphatic heterocycles. The van der Waals surface area contributed by atoms with Gasteiger partial charge in [0.25, 0.3) is 0 Å². The summed E-state index contributed by atoms with van der Waals surface area (Å²) in [4.78, 5) is 15.1. The van der Waals surface area contributed by atoms with E-state index in [4.69, 9.17) is 0 Å². The summed E-state index contributed by atoms with van der Waals surface area (Å²) in [7, 11) is 1.89. The standard InChI is InChI=1S/C11H14N2O/c1-9(14)10-5-6-11(13-8-10)4-3-7-12-2/h3-6,8,12H,7H2,1-2H3. The van der Waals surface area contributed by atoms with Crippen LogP contribution in [0.5, 0.6) is 0 Å². The Bertz CT molecular complexity index is 328. The van der Waals surface area contributed by atoms with Crippen LogP contribution in [0.1, 0.15) is 23.0 Å². The van der Waals surface area contributed by atoms with Crippen LogP contribution in [0.4, 0.5) is 0 Å². The van der Waals surface area contributed by atoms with Gasteiger partial charge in [-0.05, 0) is 32.2 Å². The van der Waals surface area contributed by atoms with Crippen LogP contribution >= 0.6 is 0 Å². The molecule has 0 amide bonds. The maximum absolute atomic E-state index is 10.9. The number of hydrogen-bond donors (Lipinski definition) is 1. The van der Waals surface area contributed by atoms with Crippen LogP contribution < -0.4 is 5.32 Å². The Hall–Kier alpha value is -1.48. The van der Waals surface area contributed by atoms with Gasteiger partial charge < -0.3 is 5.32 Å². The first-order valence-corrected chi connectivity index (χ1v) is 4.52. The highest BCUT2D eigenvalue weighted by molar-refractivity contribution is 5.93. The summed E-state index contributed by atoms with van der Waals surface area (Å²) in [5.74, 6) is 0.0447. The molecule has 0 fully saturated rings. The smallest absolute Gasteiger partial charge is 0.161 e. The van der Waals surface area contributed by atoms with Gasteiger partial charge in [0.1, 0.15) is 0 Å². The van der Waals surface area contributed by atoms with Crippen molar-refractivity contribution in [3.63, 3.8) is 0 Å². The molecule has 3 heteroatoms. The van der Waals surface area contributed by atoms with E-state index in [1.807, 2.05) is 25.3 Å². The molecule has 0 bridgehead atoms. The van der Waals surface area contributed by atoms with Crippen molar-refractivity contribution in [2.45, 2.75) is 6.92 Å². The molecule has 3 nitrogen and oxygen atoms in total. The lowest BCUT2D eigenvalue weighted by molar-refractivity contribution is 0.101. The van der Waals surface area contributed by atoms with E-state index in [-0.39, 0.29) is 5.78 Å². The number of pyridine rings is 1. The molecule has 0 atom stereocenters. The van der Waals surface area contributed by atoms with Gasteiger partial charge in [-0.2, -0.15) is 0 Å². The molecule has 1 aromatic rings. The molecule has 1 heterocycles. The molecule has 0 saturated carbocycles. The molecule has 0 radical (unpaired) electrons. The number of carbonyl (C=O) groups is 1. The lowest BCUT2D eigenvalue weighted by Crippen LogP contribution is -2.03. The van der Waals surface area contributed by atoms with E-state index in [9.17, 15) is 4.79 Å². The van der Waals surface area contributed by atoms with Crippen molar-refractivity contribution in [2.24, 2.45) is 0 Å². The zero-order chi connectivity index (χ0) is 10.4. The highest BCUT2D eigenvalue weighted by atomic mass is 16.1. The van der Waals surface area contributed by atoms with Gasteiger partial charge in [0.05, 0.1) is 5.69 Å². The van der Waals surface area contributed by atoms with Crippen LogP contribution in [0.15, 0.2) is 24.4 Å². The summed E-state index contributed by atoms with van der Waals surface area (Å²) in [6.45, 7) is 2.35. The number of rotatable bonds is 4. The number of nitrogens with zero attached hydrogens (tertiary/aromatic N) is 1. The maximum atomic E-state index is 10.9. The number of Topliss-reactive ketones (excluding diaryl/α,β-unsaturated/α-hetero) is 1. The van der Waals surface area contributed by atoms with Crippen LogP contribution in [0.2, 0.25) is 0 Å². The fourth-order valence-electron chi connectivity index (χ4n) is 1.01. The van der Waals surface area contributed by atoms with Gasteiger partial charge >= 0.3 is 0 Å². The van der Waals surface area contributed by atoms with E-state index >= 15 is 0 Å². The Morgan fingerprint density at radius 2 is 2.36 bits per heavy atom. The number of hydrogen-bond acceptors (Lipinski definition) is 3. The lowest BCUT2D eigenvalue weighted by Gasteiger charge is -1.95. The van der Waals surface area contributed by atoms with Gasteiger partial charge in [0.15, 0.2) is 5.78 Å². The number of ketones is 1. The Morgan fingerprint density at radius 1 is 1.57 bits per heavy atom. The molecule has 0 unspecified atom stereocenters. The van der Waals surface area contributed by atoms with Crippen LogP contribution in [-0.2, 0) is 0 Å². The number of carbonyl (C=O) groups excluding carboxylic acids is 1. The number of nitrogens with one attached hydrogen (secondary N) is 1. The normalized spacial score (nSPS) is 10.7. The topological polar surface area (TPSA) is 42.0 Å². The van der Waals surface area contributed by atoms with Crippen molar-refractivity contribution in [1.29, 1.82) is 0 Å². The molecule has 1 rings (SSSR count). The quantitative estimate of drug-likeness (QED) is 0.732. The highest BCUT2D eigenvalue weighted by Gasteiger charge is 1.97. The van der Waals surface area contributed by atoms with Crippen molar-refractivity contribution in [3.8, 4) is 0 Å². The van der Waals surface area contributed by atoms with Crippen LogP contribution in [0.3, 0.4) is 0 Å². The third kappa shape index (κ3) is 3.11. The summed E-state index contributed by atoms with van der Waals surface area (Å²) in [6, 6.07) is 3.62. The summed E-state index contributed by atoms with van der Waals surface area (Å²) < 4.78 is 0. The largest absolute Gasteiger partial charge is 0.316 e. The predicted octanol–water partition coefficient (Wildman–Crippen LogP) is 1.52. The van der Waals surface area contributed by atoms with Gasteiger partial charge in [-0.15, -0.1) is 0 Å². The number of aromatic nitrogens is 1. The predicted molar refractivity (Wildman–Crippen MR) is 57.2 cm³/mol. The fraction of sp³-hybridized carbons (Fsp3) is 0.273. The molecule has 0 aliphatic carbocycles. The van der Waals surface area contributed by atoms with Crippen LogP contribution in [0.25, 0.3) is 6.08 Å². The fourth-order valence-corrected chi connectivity index (χ4v) is 1.01. The maximum Gasteiger partial charge on any atom is 0.161 e. The summed E-state index contributed by atoms with van der Waals surface area (Å²) in [5, 5.41) is 3.00. The minimum absolute atomic E-state index is 0.0447. The second kappa shape index (κ2) is 5.29. The molecule has 1 aromatic heterocycles. The van der Waals surface area contributed by atoms with Crippen molar-refractivity contribution in [2.75, 3.05) is 13.6 Å². The molecule has 0 spiro atoms. The Morgan fingerprint density at radius 3 is 2.86 bits per heavy atom. The molecule has 14 heavy (non-hydrogen) atoms. The van der Waals surface area contributed by atoms with Crippen molar-refractivity contribution in [3.05, 3.63) is 35.7 Å². The van der Waals surface area contributed by atoms with Gasteiger partial charge in [-0.3, -0.25) is 9.78 Å². The minimum Gasteiger partial charge on any atom is -0.316 e. The van der Waals surface area contributed by atoms with E-state index in [0.29, 0.717) is 5.56 Å². The van der Waals surface area contributed by atoms with Gasteiger partial charge in [0.2, 0.25) is 0 Å². The molecular formula is C11H14N2O. The average molecular weight is 190 g/mol. The summed E-state index contributed by atoms with van der Waals surface area (Å²) in [5.41, 5.74) is 1.51. The first-order valence-electron chi connectivity index (χ1n) is 4.52. The lowest BCUT2D eigenvalue weighted by atomic mass is 10.2. The second-order valence-corrected chi connectivity index (χ2v) is 2.99. The summed E-state index contributed by atoms with van der Waals surface area (Å²) in [6.07, 6.45) is 5.50. The van der Waals surface area contributed by atoms with Crippen LogP contribution in [0, 0.1) is 0 Å².